The van der Waals surface area contributed by atoms with Gasteiger partial charge >= 0.3 is 0 Å². The normalized spacial score (nSPS) is 26.6. The number of hydrogen-bond acceptors (Lipinski definition) is 5. The molecule has 2 fully saturated rings. The van der Waals surface area contributed by atoms with Crippen LogP contribution in [0.4, 0.5) is 0 Å². The van der Waals surface area contributed by atoms with E-state index in [4.69, 9.17) is 14.8 Å². The summed E-state index contributed by atoms with van der Waals surface area (Å²) in [6, 6.07) is 3.23. The lowest BCUT2D eigenvalue weighted by molar-refractivity contribution is 0.00978. The quantitative estimate of drug-likeness (QED) is 0.828. The molecule has 0 spiro atoms. The zero-order valence-corrected chi connectivity index (χ0v) is 16.8. The highest BCUT2D eigenvalue weighted by Gasteiger charge is 2.43. The van der Waals surface area contributed by atoms with Gasteiger partial charge in [0, 0.05) is 62.5 Å². The molecule has 6 heteroatoms. The van der Waals surface area contributed by atoms with Crippen LogP contribution in [0.5, 0.6) is 0 Å². The molecule has 27 heavy (non-hydrogen) atoms. The van der Waals surface area contributed by atoms with Crippen LogP contribution in [-0.2, 0) is 11.2 Å². The summed E-state index contributed by atoms with van der Waals surface area (Å²) in [6.45, 7) is 13.1. The molecular weight excluding hydrogens is 338 g/mol. The van der Waals surface area contributed by atoms with E-state index in [2.05, 4.69) is 47.3 Å². The number of fused-ring (bicyclic) bond motifs is 6. The van der Waals surface area contributed by atoms with Crippen LogP contribution < -0.4 is 0 Å². The SMILES string of the molecule is Cc1cc2ncc3c(n2n1)C[C@@H]1CC[C@@H]3N1CC(C)(C)CN1CCOCC1. The monoisotopic (exact) mass is 369 g/mol. The molecule has 2 bridgehead atoms. The molecule has 146 valence electrons. The van der Waals surface area contributed by atoms with E-state index >= 15 is 0 Å². The third kappa shape index (κ3) is 3.18. The lowest BCUT2D eigenvalue weighted by atomic mass is 9.88. The highest BCUT2D eigenvalue weighted by Crippen LogP contribution is 2.44. The fraction of sp³-hybridized carbons (Fsp3) is 0.714. The number of hydrogen-bond donors (Lipinski definition) is 0. The molecule has 2 atom stereocenters. The topological polar surface area (TPSA) is 45.9 Å². The van der Waals surface area contributed by atoms with E-state index in [1.165, 1.54) is 24.1 Å². The van der Waals surface area contributed by atoms with Crippen LogP contribution in [0.3, 0.4) is 0 Å². The van der Waals surface area contributed by atoms with E-state index in [1.807, 2.05) is 0 Å². The minimum Gasteiger partial charge on any atom is -0.379 e. The number of ether oxygens (including phenoxy) is 1. The highest BCUT2D eigenvalue weighted by atomic mass is 16.5. The van der Waals surface area contributed by atoms with Gasteiger partial charge in [-0.3, -0.25) is 9.80 Å². The Kier molecular flexibility index (Phi) is 4.26. The minimum atomic E-state index is 0.273. The van der Waals surface area contributed by atoms with Crippen LogP contribution in [0, 0.1) is 12.3 Å². The summed E-state index contributed by atoms with van der Waals surface area (Å²) in [5, 5.41) is 4.72. The van der Waals surface area contributed by atoms with E-state index in [9.17, 15) is 0 Å². The minimum absolute atomic E-state index is 0.273. The maximum absolute atomic E-state index is 5.52. The Morgan fingerprint density at radius 3 is 2.81 bits per heavy atom. The maximum atomic E-state index is 5.52. The smallest absolute Gasteiger partial charge is 0.155 e. The third-order valence-electron chi connectivity index (χ3n) is 6.53. The lowest BCUT2D eigenvalue weighted by Gasteiger charge is -2.43. The molecule has 0 saturated carbocycles. The Morgan fingerprint density at radius 2 is 2.00 bits per heavy atom. The molecule has 5 rings (SSSR count). The van der Waals surface area contributed by atoms with Gasteiger partial charge < -0.3 is 4.74 Å². The van der Waals surface area contributed by atoms with Gasteiger partial charge in [-0.05, 0) is 25.2 Å². The van der Waals surface area contributed by atoms with Gasteiger partial charge in [-0.25, -0.2) is 9.50 Å². The summed E-state index contributed by atoms with van der Waals surface area (Å²) < 4.78 is 7.62. The van der Waals surface area contributed by atoms with Crippen molar-refractivity contribution in [3.8, 4) is 0 Å². The second-order valence-corrected chi connectivity index (χ2v) is 9.39. The number of rotatable bonds is 4. The van der Waals surface area contributed by atoms with E-state index in [-0.39, 0.29) is 5.41 Å². The Labute approximate surface area is 161 Å². The fourth-order valence-electron chi connectivity index (χ4n) is 5.45. The predicted octanol–water partition coefficient (Wildman–Crippen LogP) is 2.46. The van der Waals surface area contributed by atoms with Gasteiger partial charge in [-0.2, -0.15) is 5.10 Å². The summed E-state index contributed by atoms with van der Waals surface area (Å²) in [6.07, 6.45) is 5.76. The molecule has 2 saturated heterocycles. The standard InChI is InChI=1S/C21H31N5O/c1-15-10-20-22-12-17-18-5-4-16(11-19(17)26(20)23-15)25(18)14-21(2,3)13-24-6-8-27-9-7-24/h10,12,16,18H,4-9,11,13-14H2,1-3H3/t16-,18-/m0/s1. The molecule has 0 aliphatic carbocycles. The molecule has 0 unspecified atom stereocenters. The van der Waals surface area contributed by atoms with Gasteiger partial charge in [0.05, 0.1) is 24.6 Å². The summed E-state index contributed by atoms with van der Waals surface area (Å²) in [4.78, 5) is 10.0. The number of aryl methyl sites for hydroxylation is 1. The highest BCUT2D eigenvalue weighted by molar-refractivity contribution is 5.44. The molecule has 0 N–H and O–H groups in total. The first-order valence-electron chi connectivity index (χ1n) is 10.4. The van der Waals surface area contributed by atoms with Crippen molar-refractivity contribution < 1.29 is 4.74 Å². The Balaban J connectivity index is 1.38. The first kappa shape index (κ1) is 17.6. The molecule has 2 aromatic heterocycles. The van der Waals surface area contributed by atoms with Crippen molar-refractivity contribution in [1.82, 2.24) is 24.4 Å². The number of nitrogens with zero attached hydrogens (tertiary/aromatic N) is 5. The molecule has 0 radical (unpaired) electrons. The maximum Gasteiger partial charge on any atom is 0.155 e. The molecular formula is C21H31N5O. The van der Waals surface area contributed by atoms with Crippen LogP contribution >= 0.6 is 0 Å². The number of aromatic nitrogens is 3. The Hall–Kier alpha value is -1.50. The summed E-state index contributed by atoms with van der Waals surface area (Å²) >= 11 is 0. The van der Waals surface area contributed by atoms with Crippen LogP contribution in [0.15, 0.2) is 12.3 Å². The lowest BCUT2D eigenvalue weighted by Crippen LogP contribution is -2.49. The van der Waals surface area contributed by atoms with Crippen molar-refractivity contribution in [3.05, 3.63) is 29.2 Å². The molecule has 3 aliphatic heterocycles. The summed E-state index contributed by atoms with van der Waals surface area (Å²) in [5.74, 6) is 0. The van der Waals surface area contributed by atoms with Crippen LogP contribution in [-0.4, -0.2) is 69.8 Å². The van der Waals surface area contributed by atoms with Crippen molar-refractivity contribution in [1.29, 1.82) is 0 Å². The average Bonchev–Trinajstić information content (AvgIpc) is 3.12. The van der Waals surface area contributed by atoms with Gasteiger partial charge in [0.15, 0.2) is 5.65 Å². The molecule has 5 heterocycles. The van der Waals surface area contributed by atoms with Crippen LogP contribution in [0.2, 0.25) is 0 Å². The van der Waals surface area contributed by atoms with E-state index in [0.29, 0.717) is 12.1 Å². The number of morpholine rings is 1. The second-order valence-electron chi connectivity index (χ2n) is 9.39. The van der Waals surface area contributed by atoms with E-state index < -0.39 is 0 Å². The van der Waals surface area contributed by atoms with Crippen molar-refractivity contribution in [2.75, 3.05) is 39.4 Å². The largest absolute Gasteiger partial charge is 0.379 e. The third-order valence-corrected chi connectivity index (χ3v) is 6.53. The van der Waals surface area contributed by atoms with Crippen LogP contribution in [0.1, 0.15) is 49.7 Å². The van der Waals surface area contributed by atoms with Gasteiger partial charge in [-0.15, -0.1) is 0 Å². The molecule has 0 aromatic carbocycles. The van der Waals surface area contributed by atoms with Gasteiger partial charge in [-0.1, -0.05) is 13.8 Å². The second kappa shape index (κ2) is 6.54. The van der Waals surface area contributed by atoms with Crippen molar-refractivity contribution in [2.24, 2.45) is 5.41 Å². The van der Waals surface area contributed by atoms with Crippen molar-refractivity contribution in [2.45, 2.75) is 52.1 Å². The summed E-state index contributed by atoms with van der Waals surface area (Å²) in [7, 11) is 0. The van der Waals surface area contributed by atoms with Gasteiger partial charge in [0.1, 0.15) is 0 Å². The van der Waals surface area contributed by atoms with E-state index in [0.717, 1.165) is 57.2 Å². The van der Waals surface area contributed by atoms with Crippen molar-refractivity contribution >= 4 is 5.65 Å². The summed E-state index contributed by atoms with van der Waals surface area (Å²) in [5.41, 5.74) is 5.11. The van der Waals surface area contributed by atoms with Crippen molar-refractivity contribution in [3.63, 3.8) is 0 Å². The molecule has 3 aliphatic rings. The molecule has 2 aromatic rings. The predicted molar refractivity (Wildman–Crippen MR) is 105 cm³/mol. The zero-order chi connectivity index (χ0) is 18.6. The molecule has 6 nitrogen and oxygen atoms in total. The van der Waals surface area contributed by atoms with Gasteiger partial charge in [0.25, 0.3) is 0 Å². The first-order valence-corrected chi connectivity index (χ1v) is 10.4. The molecule has 0 amide bonds. The van der Waals surface area contributed by atoms with Gasteiger partial charge in [0.2, 0.25) is 0 Å². The zero-order valence-electron chi connectivity index (χ0n) is 16.8. The first-order chi connectivity index (χ1) is 13.0. The Morgan fingerprint density at radius 1 is 1.19 bits per heavy atom. The average molecular weight is 370 g/mol. The van der Waals surface area contributed by atoms with E-state index in [1.54, 1.807) is 0 Å². The van der Waals surface area contributed by atoms with Crippen LogP contribution in [0.25, 0.3) is 5.65 Å². The fourth-order valence-corrected chi connectivity index (χ4v) is 5.45. The Bertz CT molecular complexity index is 838.